The number of H-pyrrole nitrogens is 1. The molecule has 0 aliphatic rings. The molecule has 1 heterocycles. The lowest BCUT2D eigenvalue weighted by Gasteiger charge is -2.13. The van der Waals surface area contributed by atoms with E-state index >= 15 is 0 Å². The van der Waals surface area contributed by atoms with Crippen molar-refractivity contribution in [3.05, 3.63) is 61.1 Å². The Hall–Kier alpha value is -1.88. The molecule has 0 aliphatic carbocycles. The lowest BCUT2D eigenvalue weighted by Crippen LogP contribution is -2.37. The maximum Gasteiger partial charge on any atom is 0.334 e. The number of aromatic nitrogens is 2. The molecule has 1 aromatic heterocycles. The largest absolute Gasteiger partial charge is 0.334 e. The molecule has 0 saturated heterocycles. The van der Waals surface area contributed by atoms with Crippen molar-refractivity contribution in [3.63, 3.8) is 0 Å². The van der Waals surface area contributed by atoms with E-state index in [1.54, 1.807) is 20.8 Å². The van der Waals surface area contributed by atoms with Crippen LogP contribution < -0.4 is 11.2 Å². The second-order valence-electron chi connectivity index (χ2n) is 4.88. The Morgan fingerprint density at radius 2 is 1.95 bits per heavy atom. The van der Waals surface area contributed by atoms with Gasteiger partial charge in [0.15, 0.2) is 0 Å². The molecule has 0 aliphatic heterocycles. The number of hydrogen-bond acceptors (Lipinski definition) is 2. The maximum atomic E-state index is 13.4. The Labute approximate surface area is 119 Å². The third kappa shape index (κ3) is 2.41. The van der Waals surface area contributed by atoms with Crippen LogP contribution in [-0.2, 0) is 0 Å². The van der Waals surface area contributed by atoms with Gasteiger partial charge in [-0.15, -0.1) is 0 Å². The Balaban J connectivity index is 2.88. The van der Waals surface area contributed by atoms with Crippen LogP contribution in [0.15, 0.2) is 27.8 Å². The Morgan fingerprint density at radius 3 is 2.55 bits per heavy atom. The minimum atomic E-state index is -0.682. The van der Waals surface area contributed by atoms with Gasteiger partial charge in [-0.2, -0.15) is 0 Å². The van der Waals surface area contributed by atoms with Crippen LogP contribution in [0.4, 0.5) is 4.39 Å². The van der Waals surface area contributed by atoms with E-state index in [0.29, 0.717) is 11.1 Å². The minimum Gasteiger partial charge on any atom is -0.297 e. The van der Waals surface area contributed by atoms with Crippen molar-refractivity contribution in [2.45, 2.75) is 26.7 Å². The summed E-state index contributed by atoms with van der Waals surface area (Å²) < 4.78 is 14.3. The van der Waals surface area contributed by atoms with Gasteiger partial charge in [0.05, 0.1) is 11.3 Å². The Kier molecular flexibility index (Phi) is 3.81. The average Bonchev–Trinajstić information content (AvgIpc) is 2.32. The van der Waals surface area contributed by atoms with Crippen LogP contribution in [0.5, 0.6) is 0 Å². The zero-order valence-electron chi connectivity index (χ0n) is 11.3. The molecule has 0 fully saturated rings. The van der Waals surface area contributed by atoms with E-state index in [4.69, 9.17) is 11.6 Å². The van der Waals surface area contributed by atoms with Gasteiger partial charge < -0.3 is 0 Å². The quantitative estimate of drug-likeness (QED) is 0.866. The summed E-state index contributed by atoms with van der Waals surface area (Å²) >= 11 is 5.92. The third-order valence-electron chi connectivity index (χ3n) is 3.08. The number of nitrogens with one attached hydrogen (secondary N) is 1. The van der Waals surface area contributed by atoms with Crippen molar-refractivity contribution in [2.75, 3.05) is 0 Å². The van der Waals surface area contributed by atoms with Crippen LogP contribution >= 0.6 is 11.6 Å². The first-order chi connectivity index (χ1) is 9.32. The highest BCUT2D eigenvalue weighted by Crippen LogP contribution is 2.18. The predicted molar refractivity (Wildman–Crippen MR) is 76.5 cm³/mol. The number of hydrogen-bond donors (Lipinski definition) is 1. The van der Waals surface area contributed by atoms with Gasteiger partial charge in [-0.3, -0.25) is 9.78 Å². The Bertz CT molecular complexity index is 778. The van der Waals surface area contributed by atoms with Crippen LogP contribution in [0.3, 0.4) is 0 Å². The fourth-order valence-corrected chi connectivity index (χ4v) is 2.45. The minimum absolute atomic E-state index is 0.0281. The highest BCUT2D eigenvalue weighted by molar-refractivity contribution is 6.30. The molecule has 0 saturated carbocycles. The number of benzene rings is 1. The Morgan fingerprint density at radius 1 is 1.30 bits per heavy atom. The number of aromatic amines is 1. The van der Waals surface area contributed by atoms with Crippen molar-refractivity contribution in [2.24, 2.45) is 0 Å². The maximum absolute atomic E-state index is 13.4. The molecule has 0 atom stereocenters. The third-order valence-corrected chi connectivity index (χ3v) is 3.38. The molecule has 0 bridgehead atoms. The van der Waals surface area contributed by atoms with E-state index in [-0.39, 0.29) is 16.8 Å². The van der Waals surface area contributed by atoms with Crippen molar-refractivity contribution in [1.82, 2.24) is 9.55 Å². The number of halogens is 2. The van der Waals surface area contributed by atoms with Gasteiger partial charge in [0.25, 0.3) is 5.56 Å². The summed E-state index contributed by atoms with van der Waals surface area (Å²) in [6.07, 6.45) is 0. The summed E-state index contributed by atoms with van der Waals surface area (Å²) in [5.74, 6) is -0.676. The predicted octanol–water partition coefficient (Wildman–Crippen LogP) is 2.75. The lowest BCUT2D eigenvalue weighted by atomic mass is 10.1. The summed E-state index contributed by atoms with van der Waals surface area (Å²) in [6.45, 7) is 5.29. The summed E-state index contributed by atoms with van der Waals surface area (Å²) in [5, 5.41) is 0.0281. The second-order valence-corrected chi connectivity index (χ2v) is 5.26. The fraction of sp³-hybridized carbons (Fsp3) is 0.286. The van der Waals surface area contributed by atoms with E-state index in [9.17, 15) is 14.0 Å². The molecule has 0 unspecified atom stereocenters. The normalized spacial score (nSPS) is 11.1. The molecule has 2 rings (SSSR count). The zero-order valence-corrected chi connectivity index (χ0v) is 12.1. The van der Waals surface area contributed by atoms with Gasteiger partial charge >= 0.3 is 5.69 Å². The number of rotatable bonds is 2. The molecular formula is C14H14ClFN2O2. The molecule has 20 heavy (non-hydrogen) atoms. The van der Waals surface area contributed by atoms with Crippen molar-refractivity contribution in [1.29, 1.82) is 0 Å². The van der Waals surface area contributed by atoms with E-state index in [2.05, 4.69) is 4.98 Å². The first-order valence-electron chi connectivity index (χ1n) is 6.14. The van der Waals surface area contributed by atoms with E-state index in [1.807, 2.05) is 0 Å². The van der Waals surface area contributed by atoms with Crippen LogP contribution in [0.1, 0.15) is 30.9 Å². The second kappa shape index (κ2) is 5.25. The standard InChI is InChI=1S/C14H14ClFN2O2/c1-7(2)11-12(15)17-14(20)18(13(11)19)10-6-9(16)5-4-8(10)3/h4-7H,1-3H3,(H,17,20). The molecule has 0 radical (unpaired) electrons. The average molecular weight is 297 g/mol. The molecule has 1 aromatic carbocycles. The van der Waals surface area contributed by atoms with Gasteiger partial charge in [0.2, 0.25) is 0 Å². The van der Waals surface area contributed by atoms with E-state index in [0.717, 1.165) is 10.6 Å². The van der Waals surface area contributed by atoms with Crippen molar-refractivity contribution >= 4 is 11.6 Å². The SMILES string of the molecule is Cc1ccc(F)cc1-n1c(=O)[nH]c(Cl)c(C(C)C)c1=O. The van der Waals surface area contributed by atoms with E-state index in [1.165, 1.54) is 12.1 Å². The van der Waals surface area contributed by atoms with Gasteiger partial charge in [-0.1, -0.05) is 31.5 Å². The molecule has 4 nitrogen and oxygen atoms in total. The molecule has 6 heteroatoms. The summed E-state index contributed by atoms with van der Waals surface area (Å²) in [7, 11) is 0. The lowest BCUT2D eigenvalue weighted by molar-refractivity contribution is 0.624. The number of nitrogens with zero attached hydrogens (tertiary/aromatic N) is 1. The van der Waals surface area contributed by atoms with Gasteiger partial charge in [-0.25, -0.2) is 13.8 Å². The van der Waals surface area contributed by atoms with Crippen LogP contribution in [0, 0.1) is 12.7 Å². The van der Waals surface area contributed by atoms with Crippen molar-refractivity contribution < 1.29 is 4.39 Å². The molecular weight excluding hydrogens is 283 g/mol. The smallest absolute Gasteiger partial charge is 0.297 e. The summed E-state index contributed by atoms with van der Waals surface area (Å²) in [5.41, 5.74) is -0.0682. The molecule has 0 amide bonds. The molecule has 1 N–H and O–H groups in total. The van der Waals surface area contributed by atoms with Crippen LogP contribution in [-0.4, -0.2) is 9.55 Å². The van der Waals surface area contributed by atoms with E-state index < -0.39 is 17.1 Å². The summed E-state index contributed by atoms with van der Waals surface area (Å²) in [6, 6.07) is 3.95. The summed E-state index contributed by atoms with van der Waals surface area (Å²) in [4.78, 5) is 26.9. The first-order valence-corrected chi connectivity index (χ1v) is 6.52. The van der Waals surface area contributed by atoms with Crippen LogP contribution in [0.2, 0.25) is 5.15 Å². The van der Waals surface area contributed by atoms with Gasteiger partial charge in [0, 0.05) is 0 Å². The number of aryl methyl sites for hydroxylation is 1. The van der Waals surface area contributed by atoms with Gasteiger partial charge in [-0.05, 0) is 30.5 Å². The van der Waals surface area contributed by atoms with Crippen molar-refractivity contribution in [3.8, 4) is 5.69 Å². The highest BCUT2D eigenvalue weighted by Gasteiger charge is 2.17. The highest BCUT2D eigenvalue weighted by atomic mass is 35.5. The monoisotopic (exact) mass is 296 g/mol. The molecule has 106 valence electrons. The fourth-order valence-electron chi connectivity index (χ4n) is 2.07. The first kappa shape index (κ1) is 14.5. The molecule has 0 spiro atoms. The van der Waals surface area contributed by atoms with Gasteiger partial charge in [0.1, 0.15) is 11.0 Å². The topological polar surface area (TPSA) is 54.9 Å². The molecule has 2 aromatic rings. The zero-order chi connectivity index (χ0) is 15.0. The van der Waals surface area contributed by atoms with Crippen LogP contribution in [0.25, 0.3) is 5.69 Å².